The van der Waals surface area contributed by atoms with Crippen molar-refractivity contribution in [1.82, 2.24) is 4.90 Å². The molecule has 1 aliphatic rings. The monoisotopic (exact) mass is 401 g/mol. The number of carbonyl (C=O) groups is 2. The van der Waals surface area contributed by atoms with Crippen LogP contribution in [0.4, 0.5) is 0 Å². The molecule has 26 heavy (non-hydrogen) atoms. The Balaban J connectivity index is 3.02. The van der Waals surface area contributed by atoms with Crippen LogP contribution in [0.5, 0.6) is 0 Å². The molecular formula is C20H39NO3SSi. The maximum atomic E-state index is 12.7. The van der Waals surface area contributed by atoms with E-state index in [1.807, 2.05) is 4.90 Å². The van der Waals surface area contributed by atoms with E-state index in [0.29, 0.717) is 49.0 Å². The normalized spacial score (nSPS) is 18.0. The molecule has 0 aromatic carbocycles. The largest absolute Gasteiger partial charge is 0.403 e. The zero-order valence-electron chi connectivity index (χ0n) is 17.8. The Bertz CT molecular complexity index is 464. The van der Waals surface area contributed by atoms with Crippen molar-refractivity contribution in [2.45, 2.75) is 96.4 Å². The Morgan fingerprint density at radius 2 is 1.50 bits per heavy atom. The molecule has 0 atom stereocenters. The van der Waals surface area contributed by atoms with Crippen LogP contribution in [0.2, 0.25) is 16.6 Å². The van der Waals surface area contributed by atoms with Gasteiger partial charge in [0.15, 0.2) is 5.78 Å². The SMILES string of the molecule is CC(=O)C1(O[Si](C(C)C)(C(C)C)C(C)C)CCN(C(=O)CCCS)CC1. The summed E-state index contributed by atoms with van der Waals surface area (Å²) in [6.07, 6.45) is 2.59. The van der Waals surface area contributed by atoms with Crippen molar-refractivity contribution < 1.29 is 14.0 Å². The first-order chi connectivity index (χ1) is 12.0. The number of nitrogens with zero attached hydrogens (tertiary/aromatic N) is 1. The van der Waals surface area contributed by atoms with Gasteiger partial charge in [-0.25, -0.2) is 0 Å². The fourth-order valence-electron chi connectivity index (χ4n) is 4.72. The summed E-state index contributed by atoms with van der Waals surface area (Å²) in [6.45, 7) is 16.4. The zero-order valence-corrected chi connectivity index (χ0v) is 19.7. The van der Waals surface area contributed by atoms with Crippen molar-refractivity contribution in [2.75, 3.05) is 18.8 Å². The number of rotatable bonds is 9. The number of ketones is 1. The lowest BCUT2D eigenvalue weighted by Gasteiger charge is -2.51. The number of carbonyl (C=O) groups excluding carboxylic acids is 2. The highest BCUT2D eigenvalue weighted by Crippen LogP contribution is 2.46. The molecule has 0 spiro atoms. The van der Waals surface area contributed by atoms with E-state index in [-0.39, 0.29) is 11.7 Å². The van der Waals surface area contributed by atoms with Crippen molar-refractivity contribution in [2.24, 2.45) is 0 Å². The topological polar surface area (TPSA) is 46.6 Å². The summed E-state index contributed by atoms with van der Waals surface area (Å²) in [7, 11) is -2.15. The predicted octanol–water partition coefficient (Wildman–Crippen LogP) is 4.84. The van der Waals surface area contributed by atoms with E-state index in [4.69, 9.17) is 4.43 Å². The third kappa shape index (κ3) is 4.93. The van der Waals surface area contributed by atoms with Crippen LogP contribution in [0.25, 0.3) is 0 Å². The van der Waals surface area contributed by atoms with E-state index in [9.17, 15) is 9.59 Å². The van der Waals surface area contributed by atoms with E-state index < -0.39 is 13.9 Å². The lowest BCUT2D eigenvalue weighted by molar-refractivity contribution is -0.144. The number of hydrogen-bond donors (Lipinski definition) is 1. The second-order valence-electron chi connectivity index (χ2n) is 8.68. The highest BCUT2D eigenvalue weighted by molar-refractivity contribution is 7.80. The van der Waals surface area contributed by atoms with Crippen molar-refractivity contribution >= 4 is 32.6 Å². The second kappa shape index (κ2) is 9.74. The van der Waals surface area contributed by atoms with Gasteiger partial charge in [0.05, 0.1) is 0 Å². The summed E-state index contributed by atoms with van der Waals surface area (Å²) >= 11 is 4.19. The Kier molecular flexibility index (Phi) is 8.88. The molecule has 1 saturated heterocycles. The number of hydrogen-bond acceptors (Lipinski definition) is 4. The molecule has 6 heteroatoms. The van der Waals surface area contributed by atoms with Gasteiger partial charge in [-0.15, -0.1) is 0 Å². The molecule has 0 aromatic rings. The second-order valence-corrected chi connectivity index (χ2v) is 14.5. The van der Waals surface area contributed by atoms with Gasteiger partial charge in [0, 0.05) is 32.4 Å². The summed E-state index contributed by atoms with van der Waals surface area (Å²) < 4.78 is 6.96. The molecule has 0 saturated carbocycles. The molecule has 0 N–H and O–H groups in total. The predicted molar refractivity (Wildman–Crippen MR) is 114 cm³/mol. The fraction of sp³-hybridized carbons (Fsp3) is 0.900. The number of amides is 1. The van der Waals surface area contributed by atoms with Crippen molar-refractivity contribution in [3.63, 3.8) is 0 Å². The smallest absolute Gasteiger partial charge is 0.222 e. The molecule has 0 unspecified atom stereocenters. The van der Waals surface area contributed by atoms with Crippen LogP contribution in [-0.2, 0) is 14.0 Å². The van der Waals surface area contributed by atoms with E-state index in [1.165, 1.54) is 0 Å². The third-order valence-electron chi connectivity index (χ3n) is 6.19. The molecule has 1 amide bonds. The highest BCUT2D eigenvalue weighted by Gasteiger charge is 2.53. The quantitative estimate of drug-likeness (QED) is 0.444. The van der Waals surface area contributed by atoms with Gasteiger partial charge >= 0.3 is 0 Å². The first-order valence-corrected chi connectivity index (χ1v) is 12.9. The molecular weight excluding hydrogens is 362 g/mol. The number of thiol groups is 1. The van der Waals surface area contributed by atoms with Crippen molar-refractivity contribution in [3.05, 3.63) is 0 Å². The number of Topliss-reactive ketones (excluding diaryl/α,β-unsaturated/α-hetero) is 1. The van der Waals surface area contributed by atoms with Gasteiger partial charge in [-0.2, -0.15) is 12.6 Å². The zero-order chi connectivity index (χ0) is 20.1. The fourth-order valence-corrected chi connectivity index (χ4v) is 10.6. The van der Waals surface area contributed by atoms with Crippen LogP contribution in [-0.4, -0.2) is 49.4 Å². The minimum Gasteiger partial charge on any atom is -0.403 e. The van der Waals surface area contributed by atoms with Crippen molar-refractivity contribution in [1.29, 1.82) is 0 Å². The van der Waals surface area contributed by atoms with Crippen LogP contribution >= 0.6 is 12.6 Å². The van der Waals surface area contributed by atoms with Gasteiger partial charge in [0.2, 0.25) is 14.2 Å². The average molecular weight is 402 g/mol. The summed E-state index contributed by atoms with van der Waals surface area (Å²) in [5.41, 5.74) is 0.599. The number of piperidine rings is 1. The Labute approximate surface area is 167 Å². The molecule has 0 radical (unpaired) electrons. The number of likely N-dealkylation sites (tertiary alicyclic amines) is 1. The van der Waals surface area contributed by atoms with Crippen molar-refractivity contribution in [3.8, 4) is 0 Å². The van der Waals surface area contributed by atoms with Gasteiger partial charge in [0.1, 0.15) is 5.60 Å². The standard InChI is InChI=1S/C20H39NO3SSi/c1-15(2)26(16(3)4,17(5)6)24-20(18(7)22)10-12-21(13-11-20)19(23)9-8-14-25/h15-17,25H,8-14H2,1-7H3. The lowest BCUT2D eigenvalue weighted by Crippen LogP contribution is -2.60. The molecule has 4 nitrogen and oxygen atoms in total. The maximum Gasteiger partial charge on any atom is 0.222 e. The molecule has 1 aliphatic heterocycles. The van der Waals surface area contributed by atoms with Gasteiger partial charge in [-0.3, -0.25) is 9.59 Å². The molecule has 0 aliphatic carbocycles. The van der Waals surface area contributed by atoms with E-state index in [2.05, 4.69) is 54.2 Å². The first-order valence-electron chi connectivity index (χ1n) is 10.1. The first kappa shape index (κ1) is 23.7. The van der Waals surface area contributed by atoms with E-state index in [0.717, 1.165) is 12.2 Å². The van der Waals surface area contributed by atoms with E-state index >= 15 is 0 Å². The Morgan fingerprint density at radius 3 is 1.85 bits per heavy atom. The lowest BCUT2D eigenvalue weighted by atomic mass is 9.88. The van der Waals surface area contributed by atoms with E-state index in [1.54, 1.807) is 6.92 Å². The summed E-state index contributed by atoms with van der Waals surface area (Å²) in [5.74, 6) is 1.03. The summed E-state index contributed by atoms with van der Waals surface area (Å²) in [6, 6.07) is 0. The maximum absolute atomic E-state index is 12.7. The minimum absolute atomic E-state index is 0.124. The van der Waals surface area contributed by atoms with Crippen LogP contribution in [0.3, 0.4) is 0 Å². The Hall–Kier alpha value is -0.333. The minimum atomic E-state index is -2.15. The third-order valence-corrected chi connectivity index (χ3v) is 12.7. The molecule has 0 bridgehead atoms. The highest BCUT2D eigenvalue weighted by atomic mass is 32.1. The van der Waals surface area contributed by atoms with Crippen LogP contribution < -0.4 is 0 Å². The van der Waals surface area contributed by atoms with Crippen LogP contribution in [0.15, 0.2) is 0 Å². The Morgan fingerprint density at radius 1 is 1.04 bits per heavy atom. The molecule has 152 valence electrons. The van der Waals surface area contributed by atoms with Crippen LogP contribution in [0.1, 0.15) is 74.1 Å². The van der Waals surface area contributed by atoms with Gasteiger partial charge in [-0.1, -0.05) is 41.5 Å². The average Bonchev–Trinajstić information content (AvgIpc) is 2.56. The molecule has 0 aromatic heterocycles. The van der Waals surface area contributed by atoms with Gasteiger partial charge < -0.3 is 9.33 Å². The molecule has 1 fully saturated rings. The molecule has 1 heterocycles. The van der Waals surface area contributed by atoms with Gasteiger partial charge in [0.25, 0.3) is 0 Å². The van der Waals surface area contributed by atoms with Crippen LogP contribution in [0, 0.1) is 0 Å². The summed E-state index contributed by atoms with van der Waals surface area (Å²) in [4.78, 5) is 26.9. The van der Waals surface area contributed by atoms with Gasteiger partial charge in [-0.05, 0) is 35.7 Å². The summed E-state index contributed by atoms with van der Waals surface area (Å²) in [5, 5.41) is 0. The molecule has 1 rings (SSSR count).